The lowest BCUT2D eigenvalue weighted by atomic mass is 9.90. The zero-order chi connectivity index (χ0) is 27.9. The van der Waals surface area contributed by atoms with Crippen molar-refractivity contribution < 1.29 is 9.21 Å². The Morgan fingerprint density at radius 1 is 0.975 bits per heavy atom. The van der Waals surface area contributed by atoms with Gasteiger partial charge in [-0.15, -0.1) is 0 Å². The highest BCUT2D eigenvalue weighted by molar-refractivity contribution is 6.31. The van der Waals surface area contributed by atoms with Crippen LogP contribution in [0.2, 0.25) is 10.0 Å². The molecule has 40 heavy (non-hydrogen) atoms. The monoisotopic (exact) mass is 582 g/mol. The lowest BCUT2D eigenvalue weighted by molar-refractivity contribution is -0.126. The van der Waals surface area contributed by atoms with E-state index >= 15 is 0 Å². The van der Waals surface area contributed by atoms with Gasteiger partial charge in [0.25, 0.3) is 0 Å². The molecule has 8 heteroatoms. The van der Waals surface area contributed by atoms with Gasteiger partial charge in [0.15, 0.2) is 0 Å². The zero-order valence-corrected chi connectivity index (χ0v) is 24.9. The quantitative estimate of drug-likeness (QED) is 0.272. The summed E-state index contributed by atoms with van der Waals surface area (Å²) in [5.41, 5.74) is 3.18. The summed E-state index contributed by atoms with van der Waals surface area (Å²) in [5, 5.41) is 4.70. The summed E-state index contributed by atoms with van der Waals surface area (Å²) in [6, 6.07) is 15.8. The van der Waals surface area contributed by atoms with Crippen LogP contribution >= 0.6 is 23.2 Å². The molecule has 6 nitrogen and oxygen atoms in total. The summed E-state index contributed by atoms with van der Waals surface area (Å²) in [6.45, 7) is 8.57. The number of amides is 1. The van der Waals surface area contributed by atoms with E-state index < -0.39 is 0 Å². The Morgan fingerprint density at radius 2 is 1.68 bits per heavy atom. The van der Waals surface area contributed by atoms with E-state index in [4.69, 9.17) is 32.6 Å². The Bertz CT molecular complexity index is 1260. The fourth-order valence-corrected chi connectivity index (χ4v) is 6.36. The number of carbonyl (C=O) groups excluding carboxylic acids is 1. The Morgan fingerprint density at radius 3 is 2.40 bits per heavy atom. The van der Waals surface area contributed by atoms with Gasteiger partial charge in [-0.25, -0.2) is 4.98 Å². The van der Waals surface area contributed by atoms with E-state index in [1.807, 2.05) is 43.3 Å². The number of likely N-dealkylation sites (tertiary alicyclic amines) is 2. The van der Waals surface area contributed by atoms with Crippen molar-refractivity contribution in [2.45, 2.75) is 52.0 Å². The van der Waals surface area contributed by atoms with E-state index in [2.05, 4.69) is 27.2 Å². The number of aromatic nitrogens is 1. The second-order valence-corrected chi connectivity index (χ2v) is 12.2. The molecule has 2 aliphatic rings. The topological polar surface area (TPSA) is 61.6 Å². The highest BCUT2D eigenvalue weighted by atomic mass is 35.5. The Kier molecular flexibility index (Phi) is 10.2. The molecule has 2 fully saturated rings. The first kappa shape index (κ1) is 29.1. The van der Waals surface area contributed by atoms with Gasteiger partial charge in [-0.05, 0) is 120 Å². The van der Waals surface area contributed by atoms with Crippen LogP contribution in [0.15, 0.2) is 52.9 Å². The molecule has 3 heterocycles. The first-order valence-corrected chi connectivity index (χ1v) is 15.4. The summed E-state index contributed by atoms with van der Waals surface area (Å²) in [4.78, 5) is 22.4. The number of rotatable bonds is 10. The normalized spacial score (nSPS) is 17.8. The maximum atomic E-state index is 12.8. The minimum absolute atomic E-state index is 0.0962. The molecular weight excluding hydrogens is 543 g/mol. The van der Waals surface area contributed by atoms with Crippen molar-refractivity contribution in [3.8, 4) is 11.5 Å². The van der Waals surface area contributed by atoms with Gasteiger partial charge in [0.1, 0.15) is 5.76 Å². The van der Waals surface area contributed by atoms with Gasteiger partial charge in [0, 0.05) is 34.6 Å². The van der Waals surface area contributed by atoms with Crippen molar-refractivity contribution in [3.63, 3.8) is 0 Å². The van der Waals surface area contributed by atoms with E-state index in [1.54, 1.807) is 0 Å². The Hall–Kier alpha value is -2.38. The molecular formula is C32H40Cl2N4O2. The average molecular weight is 584 g/mol. The third-order valence-electron chi connectivity index (χ3n) is 8.37. The smallest absolute Gasteiger partial charge is 0.226 e. The molecule has 2 saturated heterocycles. The third kappa shape index (κ3) is 8.10. The van der Waals surface area contributed by atoms with Crippen molar-refractivity contribution in [2.75, 3.05) is 39.3 Å². The van der Waals surface area contributed by atoms with Gasteiger partial charge >= 0.3 is 0 Å². The first-order chi connectivity index (χ1) is 19.4. The number of nitrogens with one attached hydrogen (secondary N) is 1. The molecule has 0 unspecified atom stereocenters. The molecule has 0 saturated carbocycles. The number of nitrogens with zero attached hydrogens (tertiary/aromatic N) is 3. The van der Waals surface area contributed by atoms with Crippen LogP contribution in [0.5, 0.6) is 0 Å². The number of aryl methyl sites for hydroxylation is 1. The summed E-state index contributed by atoms with van der Waals surface area (Å²) in [6.07, 6.45) is 6.34. The van der Waals surface area contributed by atoms with Crippen LogP contribution in [-0.4, -0.2) is 60.0 Å². The van der Waals surface area contributed by atoms with Crippen LogP contribution in [0.1, 0.15) is 49.1 Å². The standard InChI is InChI=1S/C32H40Cl2N4O2/c1-23-30(36-32(40-23)27-6-3-8-29(34)21-27)22-38-17-11-26(12-18-38)31(39)35-13-4-14-37-15-9-24(10-16-37)19-25-5-2-7-28(33)20-25/h2-3,5-8,20-21,24,26H,4,9-19,22H2,1H3,(H,35,39). The van der Waals surface area contributed by atoms with Gasteiger partial charge < -0.3 is 14.6 Å². The van der Waals surface area contributed by atoms with Gasteiger partial charge in [-0.1, -0.05) is 41.4 Å². The number of halogens is 2. The lowest BCUT2D eigenvalue weighted by Crippen LogP contribution is -2.41. The van der Waals surface area contributed by atoms with Crippen molar-refractivity contribution >= 4 is 29.1 Å². The highest BCUT2D eigenvalue weighted by Gasteiger charge is 2.26. The van der Waals surface area contributed by atoms with E-state index in [9.17, 15) is 4.79 Å². The fourth-order valence-electron chi connectivity index (χ4n) is 5.95. The number of hydrogen-bond acceptors (Lipinski definition) is 5. The van der Waals surface area contributed by atoms with E-state index in [1.165, 1.54) is 18.4 Å². The average Bonchev–Trinajstić information content (AvgIpc) is 3.32. The van der Waals surface area contributed by atoms with Gasteiger partial charge in [0.05, 0.1) is 5.69 Å². The van der Waals surface area contributed by atoms with E-state index in [0.29, 0.717) is 10.9 Å². The second kappa shape index (κ2) is 14.0. The minimum Gasteiger partial charge on any atom is -0.441 e. The number of benzene rings is 2. The molecule has 0 bridgehead atoms. The molecule has 5 rings (SSSR count). The van der Waals surface area contributed by atoms with Crippen LogP contribution < -0.4 is 5.32 Å². The molecule has 3 aromatic rings. The van der Waals surface area contributed by atoms with Crippen molar-refractivity contribution in [2.24, 2.45) is 11.8 Å². The minimum atomic E-state index is 0.0962. The summed E-state index contributed by atoms with van der Waals surface area (Å²) >= 11 is 12.3. The molecule has 1 N–H and O–H groups in total. The number of carbonyl (C=O) groups is 1. The summed E-state index contributed by atoms with van der Waals surface area (Å²) in [5.74, 6) is 2.48. The molecule has 0 radical (unpaired) electrons. The first-order valence-electron chi connectivity index (χ1n) is 14.6. The maximum absolute atomic E-state index is 12.8. The number of oxazole rings is 1. The predicted molar refractivity (Wildman–Crippen MR) is 162 cm³/mol. The molecule has 0 atom stereocenters. The molecule has 214 valence electrons. The van der Waals surface area contributed by atoms with Crippen LogP contribution in [0, 0.1) is 18.8 Å². The van der Waals surface area contributed by atoms with Crippen LogP contribution in [0.4, 0.5) is 0 Å². The SMILES string of the molecule is Cc1oc(-c2cccc(Cl)c2)nc1CN1CCC(C(=O)NCCCN2CCC(Cc3cccc(Cl)c3)CC2)CC1. The highest BCUT2D eigenvalue weighted by Crippen LogP contribution is 2.27. The number of hydrogen-bond donors (Lipinski definition) is 1. The number of piperidine rings is 2. The summed E-state index contributed by atoms with van der Waals surface area (Å²) < 4.78 is 5.92. The van der Waals surface area contributed by atoms with E-state index in [-0.39, 0.29) is 11.8 Å². The van der Waals surface area contributed by atoms with Gasteiger partial charge in [-0.3, -0.25) is 9.69 Å². The second-order valence-electron chi connectivity index (χ2n) is 11.3. The van der Waals surface area contributed by atoms with Crippen molar-refractivity contribution in [3.05, 3.63) is 75.6 Å². The predicted octanol–water partition coefficient (Wildman–Crippen LogP) is 6.63. The fraction of sp³-hybridized carbons (Fsp3) is 0.500. The van der Waals surface area contributed by atoms with Gasteiger partial charge in [0.2, 0.25) is 11.8 Å². The maximum Gasteiger partial charge on any atom is 0.226 e. The van der Waals surface area contributed by atoms with E-state index in [0.717, 1.165) is 99.5 Å². The van der Waals surface area contributed by atoms with Crippen molar-refractivity contribution in [1.82, 2.24) is 20.1 Å². The van der Waals surface area contributed by atoms with Crippen LogP contribution in [0.25, 0.3) is 11.5 Å². The van der Waals surface area contributed by atoms with Gasteiger partial charge in [-0.2, -0.15) is 0 Å². The molecule has 0 spiro atoms. The zero-order valence-electron chi connectivity index (χ0n) is 23.4. The summed E-state index contributed by atoms with van der Waals surface area (Å²) in [7, 11) is 0. The molecule has 2 aromatic carbocycles. The Balaban J connectivity index is 0.965. The molecule has 1 aromatic heterocycles. The molecule has 0 aliphatic carbocycles. The van der Waals surface area contributed by atoms with Crippen LogP contribution in [0.3, 0.4) is 0 Å². The third-order valence-corrected chi connectivity index (χ3v) is 8.84. The van der Waals surface area contributed by atoms with Crippen LogP contribution in [-0.2, 0) is 17.8 Å². The largest absolute Gasteiger partial charge is 0.441 e. The van der Waals surface area contributed by atoms with Crippen molar-refractivity contribution in [1.29, 1.82) is 0 Å². The molecule has 1 amide bonds. The Labute approximate surface area is 248 Å². The molecule has 2 aliphatic heterocycles. The lowest BCUT2D eigenvalue weighted by Gasteiger charge is -2.32.